The fraction of sp³-hybridized carbons (Fsp3) is 0.318. The van der Waals surface area contributed by atoms with Crippen molar-refractivity contribution in [1.82, 2.24) is 10.6 Å². The Labute approximate surface area is 185 Å². The van der Waals surface area contributed by atoms with Crippen LogP contribution in [-0.4, -0.2) is 35.0 Å². The maximum atomic E-state index is 12.9. The molecule has 2 aromatic rings. The molecule has 0 heterocycles. The molecule has 0 spiro atoms. The van der Waals surface area contributed by atoms with Gasteiger partial charge in [-0.1, -0.05) is 67.4 Å². The molecule has 0 aliphatic rings. The first-order chi connectivity index (χ1) is 14.2. The summed E-state index contributed by atoms with van der Waals surface area (Å²) in [6.07, 6.45) is 0.456. The first kappa shape index (κ1) is 23.7. The van der Waals surface area contributed by atoms with Gasteiger partial charge in [-0.15, -0.1) is 0 Å². The van der Waals surface area contributed by atoms with Crippen LogP contribution in [0.3, 0.4) is 0 Å². The Morgan fingerprint density at radius 3 is 2.23 bits per heavy atom. The number of halogens is 2. The lowest BCUT2D eigenvalue weighted by Gasteiger charge is -2.23. The molecular formula is C22H24Cl2N2O4. The van der Waals surface area contributed by atoms with E-state index in [-0.39, 0.29) is 29.3 Å². The number of hydrogen-bond acceptors (Lipinski definition) is 3. The van der Waals surface area contributed by atoms with Gasteiger partial charge in [-0.25, -0.2) is 4.79 Å². The Morgan fingerprint density at radius 1 is 0.967 bits per heavy atom. The van der Waals surface area contributed by atoms with E-state index in [0.29, 0.717) is 5.02 Å². The number of carbonyl (C=O) groups is 3. The molecule has 0 fully saturated rings. The molecule has 0 aliphatic heterocycles. The minimum atomic E-state index is -1.13. The van der Waals surface area contributed by atoms with Crippen LogP contribution < -0.4 is 10.6 Å². The molecule has 30 heavy (non-hydrogen) atoms. The van der Waals surface area contributed by atoms with Gasteiger partial charge in [0.15, 0.2) is 0 Å². The van der Waals surface area contributed by atoms with E-state index in [9.17, 15) is 19.5 Å². The Balaban J connectivity index is 2.25. The third-order valence-corrected chi connectivity index (χ3v) is 4.96. The van der Waals surface area contributed by atoms with E-state index in [1.165, 1.54) is 12.1 Å². The van der Waals surface area contributed by atoms with Crippen molar-refractivity contribution in [1.29, 1.82) is 0 Å². The zero-order chi connectivity index (χ0) is 22.3. The smallest absolute Gasteiger partial charge is 0.326 e. The molecule has 0 bridgehead atoms. The van der Waals surface area contributed by atoms with Gasteiger partial charge in [-0.3, -0.25) is 9.59 Å². The van der Waals surface area contributed by atoms with Crippen molar-refractivity contribution in [3.05, 3.63) is 69.7 Å². The number of aliphatic carboxylic acids is 1. The van der Waals surface area contributed by atoms with Crippen molar-refractivity contribution in [2.75, 3.05) is 0 Å². The molecule has 0 radical (unpaired) electrons. The van der Waals surface area contributed by atoms with Gasteiger partial charge in [0.05, 0.1) is 10.6 Å². The van der Waals surface area contributed by atoms with Crippen LogP contribution in [0, 0.1) is 5.92 Å². The number of carbonyl (C=O) groups excluding carboxylic acids is 2. The largest absolute Gasteiger partial charge is 0.480 e. The third kappa shape index (κ3) is 7.04. The lowest BCUT2D eigenvalue weighted by atomic mass is 10.0. The molecule has 2 aromatic carbocycles. The lowest BCUT2D eigenvalue weighted by molar-refractivity contribution is -0.142. The SMILES string of the molecule is CC(C)C[C@H](NC(=O)[C@H](Cc1ccccc1)NC(=O)c1cc(Cl)ccc1Cl)C(=O)O. The summed E-state index contributed by atoms with van der Waals surface area (Å²) in [7, 11) is 0. The monoisotopic (exact) mass is 450 g/mol. The normalized spacial score (nSPS) is 12.8. The maximum absolute atomic E-state index is 12.9. The highest BCUT2D eigenvalue weighted by molar-refractivity contribution is 6.35. The lowest BCUT2D eigenvalue weighted by Crippen LogP contribution is -2.52. The van der Waals surface area contributed by atoms with Crippen molar-refractivity contribution in [2.24, 2.45) is 5.92 Å². The molecule has 2 rings (SSSR count). The summed E-state index contributed by atoms with van der Waals surface area (Å²) in [6.45, 7) is 3.74. The molecule has 3 N–H and O–H groups in total. The molecule has 6 nitrogen and oxygen atoms in total. The summed E-state index contributed by atoms with van der Waals surface area (Å²) >= 11 is 12.1. The van der Waals surface area contributed by atoms with E-state index in [4.69, 9.17) is 23.2 Å². The molecule has 2 amide bonds. The van der Waals surface area contributed by atoms with Gasteiger partial charge in [-0.05, 0) is 36.1 Å². The Hall–Kier alpha value is -2.57. The van der Waals surface area contributed by atoms with E-state index in [2.05, 4.69) is 10.6 Å². The zero-order valence-corrected chi connectivity index (χ0v) is 18.2. The summed E-state index contributed by atoms with van der Waals surface area (Å²) < 4.78 is 0. The second-order valence-electron chi connectivity index (χ2n) is 7.37. The molecule has 160 valence electrons. The number of amides is 2. The molecule has 2 atom stereocenters. The molecule has 8 heteroatoms. The predicted octanol–water partition coefficient (Wildman–Crippen LogP) is 3.95. The van der Waals surface area contributed by atoms with Gasteiger partial charge in [0.1, 0.15) is 12.1 Å². The fourth-order valence-electron chi connectivity index (χ4n) is 2.93. The Morgan fingerprint density at radius 2 is 1.63 bits per heavy atom. The zero-order valence-electron chi connectivity index (χ0n) is 16.7. The van der Waals surface area contributed by atoms with E-state index in [1.807, 2.05) is 44.2 Å². The summed E-state index contributed by atoms with van der Waals surface area (Å²) in [6, 6.07) is 11.5. The highest BCUT2D eigenvalue weighted by Crippen LogP contribution is 2.21. The van der Waals surface area contributed by atoms with Gasteiger partial charge < -0.3 is 15.7 Å². The van der Waals surface area contributed by atoms with Gasteiger partial charge in [-0.2, -0.15) is 0 Å². The second-order valence-corrected chi connectivity index (χ2v) is 8.21. The Bertz CT molecular complexity index is 903. The van der Waals surface area contributed by atoms with Crippen molar-refractivity contribution >= 4 is 41.0 Å². The van der Waals surface area contributed by atoms with Gasteiger partial charge >= 0.3 is 5.97 Å². The number of benzene rings is 2. The van der Waals surface area contributed by atoms with Crippen LogP contribution in [-0.2, 0) is 16.0 Å². The fourth-order valence-corrected chi connectivity index (χ4v) is 3.31. The van der Waals surface area contributed by atoms with E-state index in [0.717, 1.165) is 5.56 Å². The van der Waals surface area contributed by atoms with Crippen LogP contribution in [0.4, 0.5) is 0 Å². The minimum absolute atomic E-state index is 0.0684. The average Bonchev–Trinajstić information content (AvgIpc) is 2.69. The van der Waals surface area contributed by atoms with Crippen molar-refractivity contribution in [3.8, 4) is 0 Å². The molecule has 0 aromatic heterocycles. The molecular weight excluding hydrogens is 427 g/mol. The summed E-state index contributed by atoms with van der Waals surface area (Å²) in [4.78, 5) is 37.2. The summed E-state index contributed by atoms with van der Waals surface area (Å²) in [5.41, 5.74) is 0.942. The number of hydrogen-bond donors (Lipinski definition) is 3. The molecule has 0 aliphatic carbocycles. The predicted molar refractivity (Wildman–Crippen MR) is 117 cm³/mol. The van der Waals surface area contributed by atoms with E-state index < -0.39 is 29.9 Å². The van der Waals surface area contributed by atoms with Crippen LogP contribution >= 0.6 is 23.2 Å². The topological polar surface area (TPSA) is 95.5 Å². The van der Waals surface area contributed by atoms with Gasteiger partial charge in [0.25, 0.3) is 5.91 Å². The van der Waals surface area contributed by atoms with E-state index >= 15 is 0 Å². The van der Waals surface area contributed by atoms with Gasteiger partial charge in [0, 0.05) is 11.4 Å². The quantitative estimate of drug-likeness (QED) is 0.538. The second kappa shape index (κ2) is 11.0. The molecule has 0 saturated carbocycles. The average molecular weight is 451 g/mol. The summed E-state index contributed by atoms with van der Waals surface area (Å²) in [5, 5.41) is 15.2. The first-order valence-corrected chi connectivity index (χ1v) is 10.3. The number of rotatable bonds is 9. The maximum Gasteiger partial charge on any atom is 0.326 e. The third-order valence-electron chi connectivity index (χ3n) is 4.40. The highest BCUT2D eigenvalue weighted by atomic mass is 35.5. The molecule has 0 unspecified atom stereocenters. The van der Waals surface area contributed by atoms with Crippen molar-refractivity contribution in [3.63, 3.8) is 0 Å². The minimum Gasteiger partial charge on any atom is -0.480 e. The Kier molecular flexibility index (Phi) is 8.69. The standard InChI is InChI=1S/C22H24Cl2N2O4/c1-13(2)10-19(22(29)30)26-21(28)18(11-14-6-4-3-5-7-14)25-20(27)16-12-15(23)8-9-17(16)24/h3-9,12-13,18-19H,10-11H2,1-2H3,(H,25,27)(H,26,28)(H,29,30)/t18-,19-/m0/s1. The van der Waals surface area contributed by atoms with Crippen LogP contribution in [0.1, 0.15) is 36.2 Å². The van der Waals surface area contributed by atoms with Crippen molar-refractivity contribution in [2.45, 2.75) is 38.8 Å². The van der Waals surface area contributed by atoms with Gasteiger partial charge in [0.2, 0.25) is 5.91 Å². The van der Waals surface area contributed by atoms with Crippen LogP contribution in [0.5, 0.6) is 0 Å². The number of carboxylic acids is 1. The van der Waals surface area contributed by atoms with Crippen molar-refractivity contribution < 1.29 is 19.5 Å². The number of carboxylic acid groups (broad SMARTS) is 1. The highest BCUT2D eigenvalue weighted by Gasteiger charge is 2.28. The van der Waals surface area contributed by atoms with Crippen LogP contribution in [0.25, 0.3) is 0 Å². The number of nitrogens with one attached hydrogen (secondary N) is 2. The first-order valence-electron chi connectivity index (χ1n) is 9.50. The molecule has 0 saturated heterocycles. The van der Waals surface area contributed by atoms with Crippen LogP contribution in [0.2, 0.25) is 10.0 Å². The van der Waals surface area contributed by atoms with E-state index in [1.54, 1.807) is 6.07 Å². The van der Waals surface area contributed by atoms with Crippen LogP contribution in [0.15, 0.2) is 48.5 Å². The summed E-state index contributed by atoms with van der Waals surface area (Å²) in [5.74, 6) is -2.22.